The fourth-order valence-corrected chi connectivity index (χ4v) is 4.83. The molecule has 0 saturated carbocycles. The number of benzene rings is 3. The van der Waals surface area contributed by atoms with E-state index in [2.05, 4.69) is 41.1 Å². The van der Waals surface area contributed by atoms with Gasteiger partial charge in [-0.05, 0) is 78.6 Å². The van der Waals surface area contributed by atoms with Crippen molar-refractivity contribution in [2.45, 2.75) is 13.5 Å². The molecule has 1 heterocycles. The van der Waals surface area contributed by atoms with Gasteiger partial charge in [-0.1, -0.05) is 45.5 Å². The number of nitrogens with one attached hydrogen (secondary N) is 3. The van der Waals surface area contributed by atoms with Gasteiger partial charge in [0.2, 0.25) is 0 Å². The van der Waals surface area contributed by atoms with Gasteiger partial charge >= 0.3 is 0 Å². The number of nitrogens with two attached hydrogens (primary N) is 1. The number of rotatable bonds is 10. The average Bonchev–Trinajstić information content (AvgIpc) is 3.31. The molecule has 1 atom stereocenters. The van der Waals surface area contributed by atoms with Crippen LogP contribution in [0.25, 0.3) is 5.57 Å². The smallest absolute Gasteiger partial charge is 0.255 e. The molecule has 196 valence electrons. The summed E-state index contributed by atoms with van der Waals surface area (Å²) in [6, 6.07) is 21.4. The van der Waals surface area contributed by atoms with Gasteiger partial charge in [0.15, 0.2) is 0 Å². The number of carbonyl (C=O) groups is 1. The molecule has 3 aromatic rings. The lowest BCUT2D eigenvalue weighted by Gasteiger charge is -2.25. The Labute approximate surface area is 224 Å². The standard InChI is InChI=1S/C29H32N5O3P/c1-19(25-9-4-5-10-26(25)35)15-28(34-20(2)27(38-3)18-32-34)31-17-21-7-6-8-23(16-21)33-29(36)22-11-13-24(37-30)14-12-22/h4-16,31-32,35,38H,1,17-18,30H2,2-3H3,(H,33,36)/b28-15-. The number of nitrogens with zero attached hydrogens (tertiary/aromatic N) is 1. The number of hydrogen-bond acceptors (Lipinski definition) is 7. The van der Waals surface area contributed by atoms with E-state index in [1.807, 2.05) is 47.5 Å². The third-order valence-corrected chi connectivity index (χ3v) is 7.34. The van der Waals surface area contributed by atoms with Crippen LogP contribution in [0.2, 0.25) is 0 Å². The summed E-state index contributed by atoms with van der Waals surface area (Å²) in [6.07, 6.45) is 1.92. The molecule has 38 heavy (non-hydrogen) atoms. The van der Waals surface area contributed by atoms with Crippen molar-refractivity contribution >= 4 is 25.7 Å². The van der Waals surface area contributed by atoms with Gasteiger partial charge in [-0.2, -0.15) is 5.90 Å². The van der Waals surface area contributed by atoms with Gasteiger partial charge in [0.05, 0.1) is 0 Å². The van der Waals surface area contributed by atoms with Crippen molar-refractivity contribution in [1.82, 2.24) is 15.8 Å². The zero-order valence-corrected chi connectivity index (χ0v) is 22.4. The Balaban J connectivity index is 1.51. The highest BCUT2D eigenvalue weighted by Gasteiger charge is 2.21. The summed E-state index contributed by atoms with van der Waals surface area (Å²) in [6.45, 7) is 9.74. The number of phenolic OH excluding ortho intramolecular Hbond substituents is 1. The van der Waals surface area contributed by atoms with Gasteiger partial charge in [-0.3, -0.25) is 9.80 Å². The second kappa shape index (κ2) is 12.4. The van der Waals surface area contributed by atoms with Crippen LogP contribution in [0.15, 0.2) is 102 Å². The molecule has 0 spiro atoms. The molecule has 0 bridgehead atoms. The summed E-state index contributed by atoms with van der Waals surface area (Å²) in [7, 11) is 0.699. The summed E-state index contributed by atoms with van der Waals surface area (Å²) in [5, 5.41) is 20.1. The predicted molar refractivity (Wildman–Crippen MR) is 154 cm³/mol. The van der Waals surface area contributed by atoms with Crippen LogP contribution >= 0.6 is 8.58 Å². The van der Waals surface area contributed by atoms with E-state index in [1.54, 1.807) is 36.4 Å². The van der Waals surface area contributed by atoms with Crippen LogP contribution in [0.4, 0.5) is 5.69 Å². The molecule has 1 unspecified atom stereocenters. The molecular formula is C29H32N5O3P. The van der Waals surface area contributed by atoms with Crippen molar-refractivity contribution in [1.29, 1.82) is 0 Å². The molecule has 0 fully saturated rings. The third kappa shape index (κ3) is 6.42. The van der Waals surface area contributed by atoms with Crippen molar-refractivity contribution < 1.29 is 14.7 Å². The maximum atomic E-state index is 12.7. The lowest BCUT2D eigenvalue weighted by molar-refractivity contribution is 0.102. The quantitative estimate of drug-likeness (QED) is 0.144. The number of hydrogen-bond donors (Lipinski definition) is 5. The molecule has 4 rings (SSSR count). The lowest BCUT2D eigenvalue weighted by Crippen LogP contribution is -2.37. The maximum absolute atomic E-state index is 12.7. The van der Waals surface area contributed by atoms with Crippen LogP contribution in [0.5, 0.6) is 11.5 Å². The summed E-state index contributed by atoms with van der Waals surface area (Å²) in [5.41, 5.74) is 8.08. The predicted octanol–water partition coefficient (Wildman–Crippen LogP) is 4.90. The molecule has 0 saturated heterocycles. The molecule has 9 heteroatoms. The second-order valence-electron chi connectivity index (χ2n) is 8.71. The molecule has 6 N–H and O–H groups in total. The van der Waals surface area contributed by atoms with Crippen molar-refractivity contribution in [3.05, 3.63) is 119 Å². The average molecular weight is 530 g/mol. The van der Waals surface area contributed by atoms with E-state index in [9.17, 15) is 9.90 Å². The third-order valence-electron chi connectivity index (χ3n) is 6.20. The monoisotopic (exact) mass is 529 g/mol. The van der Waals surface area contributed by atoms with E-state index < -0.39 is 0 Å². The zero-order chi connectivity index (χ0) is 27.1. The van der Waals surface area contributed by atoms with Crippen LogP contribution < -0.4 is 26.8 Å². The molecule has 1 amide bonds. The number of anilines is 1. The first-order valence-corrected chi connectivity index (χ1v) is 13.6. The maximum Gasteiger partial charge on any atom is 0.255 e. The van der Waals surface area contributed by atoms with Crippen molar-refractivity contribution in [2.24, 2.45) is 5.90 Å². The van der Waals surface area contributed by atoms with Gasteiger partial charge in [0.25, 0.3) is 5.91 Å². The number of phenols is 1. The lowest BCUT2D eigenvalue weighted by atomic mass is 10.1. The molecule has 1 aliphatic heterocycles. The molecule has 0 radical (unpaired) electrons. The van der Waals surface area contributed by atoms with Crippen LogP contribution in [-0.2, 0) is 6.54 Å². The van der Waals surface area contributed by atoms with E-state index >= 15 is 0 Å². The second-order valence-corrected chi connectivity index (χ2v) is 9.81. The van der Waals surface area contributed by atoms with E-state index in [0.29, 0.717) is 43.3 Å². The largest absolute Gasteiger partial charge is 0.507 e. The summed E-state index contributed by atoms with van der Waals surface area (Å²) in [5.74, 6) is 6.39. The van der Waals surface area contributed by atoms with Gasteiger partial charge in [-0.15, -0.1) is 0 Å². The fraction of sp³-hybridized carbons (Fsp3) is 0.138. The normalized spacial score (nSPS) is 13.8. The Bertz CT molecular complexity index is 1380. The Hall–Kier alpha value is -4.10. The first-order valence-electron chi connectivity index (χ1n) is 12.1. The summed E-state index contributed by atoms with van der Waals surface area (Å²) >= 11 is 0. The molecule has 3 aromatic carbocycles. The van der Waals surface area contributed by atoms with Crippen LogP contribution in [0.1, 0.15) is 28.4 Å². The van der Waals surface area contributed by atoms with Crippen molar-refractivity contribution in [3.8, 4) is 11.5 Å². The van der Waals surface area contributed by atoms with Gasteiger partial charge in [0, 0.05) is 35.6 Å². The minimum Gasteiger partial charge on any atom is -0.507 e. The first kappa shape index (κ1) is 26.9. The Morgan fingerprint density at radius 3 is 2.63 bits per heavy atom. The SMILES string of the molecule is C=C(/C=C(/NCc1cccc(NC(=O)c2ccc(ON)cc2)c1)N1NCC(PC)=C1C)c1ccccc1O. The summed E-state index contributed by atoms with van der Waals surface area (Å²) < 4.78 is 0. The van der Waals surface area contributed by atoms with Gasteiger partial charge in [0.1, 0.15) is 17.3 Å². The van der Waals surface area contributed by atoms with E-state index in [-0.39, 0.29) is 11.7 Å². The minimum atomic E-state index is -0.229. The zero-order valence-electron chi connectivity index (χ0n) is 21.4. The number of hydrazine groups is 1. The van der Waals surface area contributed by atoms with Crippen LogP contribution in [0, 0.1) is 0 Å². The van der Waals surface area contributed by atoms with Gasteiger partial charge in [-0.25, -0.2) is 5.43 Å². The number of amides is 1. The van der Waals surface area contributed by atoms with E-state index in [4.69, 9.17) is 5.90 Å². The van der Waals surface area contributed by atoms with Crippen molar-refractivity contribution in [2.75, 3.05) is 18.5 Å². The van der Waals surface area contributed by atoms with Gasteiger partial charge < -0.3 is 20.6 Å². The number of aromatic hydroxyl groups is 1. The first-order chi connectivity index (χ1) is 18.4. The van der Waals surface area contributed by atoms with Crippen LogP contribution in [-0.4, -0.2) is 29.2 Å². The van der Waals surface area contributed by atoms with E-state index in [1.165, 1.54) is 5.31 Å². The molecular weight excluding hydrogens is 497 g/mol. The fourth-order valence-electron chi connectivity index (χ4n) is 4.10. The highest BCUT2D eigenvalue weighted by Crippen LogP contribution is 2.31. The Kier molecular flexibility index (Phi) is 8.81. The highest BCUT2D eigenvalue weighted by atomic mass is 31.1. The van der Waals surface area contributed by atoms with Crippen molar-refractivity contribution in [3.63, 3.8) is 0 Å². The summed E-state index contributed by atoms with van der Waals surface area (Å²) in [4.78, 5) is 17.4. The minimum absolute atomic E-state index is 0.180. The van der Waals surface area contributed by atoms with E-state index in [0.717, 1.165) is 23.6 Å². The Morgan fingerprint density at radius 1 is 1.18 bits per heavy atom. The number of allylic oxidation sites excluding steroid dienone is 3. The molecule has 0 aromatic heterocycles. The number of para-hydroxylation sites is 1. The molecule has 8 nitrogen and oxygen atoms in total. The van der Waals surface area contributed by atoms with Crippen LogP contribution in [0.3, 0.4) is 0 Å². The topological polar surface area (TPSA) is 112 Å². The Morgan fingerprint density at radius 2 is 1.95 bits per heavy atom. The number of carbonyl (C=O) groups excluding carboxylic acids is 1. The molecule has 1 aliphatic rings. The highest BCUT2D eigenvalue weighted by molar-refractivity contribution is 7.42. The molecule has 0 aliphatic carbocycles.